The van der Waals surface area contributed by atoms with Crippen molar-refractivity contribution in [3.8, 4) is 44.5 Å². The molecule has 61 heavy (non-hydrogen) atoms. The normalized spacial score (nSPS) is 13.0. The van der Waals surface area contributed by atoms with Gasteiger partial charge in [-0.25, -0.2) is 0 Å². The molecule has 2 aliphatic rings. The standard InChI is InChI=1S/C59H37NO/c1-3-17-40(18-4-1)60(41-19-5-2-6-20-41)54-31-16-32-55-57(54)49-37-48(43-21-7-8-24-46(43)58(49)61-55)39-35-33-38(34-36-39)42-26-15-30-53-56(42)47-25-11-14-29-52(47)59(53)50-27-12-9-22-44(50)45-23-10-13-28-51(45)59/h1-37H. The molecule has 0 amide bonds. The van der Waals surface area contributed by atoms with Crippen molar-refractivity contribution in [3.05, 3.63) is 247 Å². The first-order chi connectivity index (χ1) is 30.3. The van der Waals surface area contributed by atoms with Crippen LogP contribution in [0, 0.1) is 0 Å². The van der Waals surface area contributed by atoms with Gasteiger partial charge in [0.15, 0.2) is 0 Å². The summed E-state index contributed by atoms with van der Waals surface area (Å²) in [5, 5.41) is 4.46. The van der Waals surface area contributed by atoms with Crippen LogP contribution >= 0.6 is 0 Å². The summed E-state index contributed by atoms with van der Waals surface area (Å²) in [5.41, 5.74) is 20.2. The monoisotopic (exact) mass is 775 g/mol. The summed E-state index contributed by atoms with van der Waals surface area (Å²) in [4.78, 5) is 2.34. The lowest BCUT2D eigenvalue weighted by molar-refractivity contribution is 0.672. The van der Waals surface area contributed by atoms with Crippen molar-refractivity contribution in [3.63, 3.8) is 0 Å². The van der Waals surface area contributed by atoms with Crippen LogP contribution in [0.2, 0.25) is 0 Å². The quantitative estimate of drug-likeness (QED) is 0.173. The van der Waals surface area contributed by atoms with Gasteiger partial charge in [0.25, 0.3) is 0 Å². The summed E-state index contributed by atoms with van der Waals surface area (Å²) in [7, 11) is 0. The fourth-order valence-corrected chi connectivity index (χ4v) is 10.8. The Hall–Kier alpha value is -7.94. The van der Waals surface area contributed by atoms with E-state index in [1.807, 2.05) is 0 Å². The first-order valence-corrected chi connectivity index (χ1v) is 21.1. The van der Waals surface area contributed by atoms with Crippen LogP contribution in [0.1, 0.15) is 22.3 Å². The molecule has 284 valence electrons. The second kappa shape index (κ2) is 13.0. The molecule has 2 nitrogen and oxygen atoms in total. The van der Waals surface area contributed by atoms with E-state index >= 15 is 0 Å². The maximum Gasteiger partial charge on any atom is 0.143 e. The van der Waals surface area contributed by atoms with E-state index in [-0.39, 0.29) is 5.41 Å². The highest BCUT2D eigenvalue weighted by Gasteiger charge is 2.51. The van der Waals surface area contributed by atoms with Crippen LogP contribution < -0.4 is 4.90 Å². The Kier molecular flexibility index (Phi) is 7.26. The molecule has 0 aliphatic heterocycles. The Labute approximate surface area is 354 Å². The molecule has 1 spiro atoms. The van der Waals surface area contributed by atoms with E-state index < -0.39 is 0 Å². The number of rotatable bonds is 5. The van der Waals surface area contributed by atoms with E-state index in [1.165, 1.54) is 72.1 Å². The molecule has 11 aromatic rings. The Bertz CT molecular complexity index is 3440. The smallest absolute Gasteiger partial charge is 0.143 e. The predicted octanol–water partition coefficient (Wildman–Crippen LogP) is 15.9. The van der Waals surface area contributed by atoms with Crippen LogP contribution in [0.15, 0.2) is 229 Å². The molecule has 0 atom stereocenters. The minimum absolute atomic E-state index is 0.369. The number of hydrogen-bond acceptors (Lipinski definition) is 2. The molecule has 10 aromatic carbocycles. The number of hydrogen-bond donors (Lipinski definition) is 0. The van der Waals surface area contributed by atoms with Gasteiger partial charge in [0.05, 0.1) is 16.5 Å². The highest BCUT2D eigenvalue weighted by Crippen LogP contribution is 2.64. The molecule has 0 bridgehead atoms. The van der Waals surface area contributed by atoms with E-state index in [2.05, 4.69) is 229 Å². The number of para-hydroxylation sites is 2. The first kappa shape index (κ1) is 34.0. The molecule has 13 rings (SSSR count). The van der Waals surface area contributed by atoms with E-state index in [1.54, 1.807) is 0 Å². The molecular weight excluding hydrogens is 739 g/mol. The summed E-state index contributed by atoms with van der Waals surface area (Å²) >= 11 is 0. The molecule has 1 heterocycles. The Morgan fingerprint density at radius 2 is 0.836 bits per heavy atom. The van der Waals surface area contributed by atoms with Crippen LogP contribution in [0.4, 0.5) is 17.1 Å². The summed E-state index contributed by atoms with van der Waals surface area (Å²) in [6.07, 6.45) is 0. The predicted molar refractivity (Wildman–Crippen MR) is 253 cm³/mol. The Morgan fingerprint density at radius 1 is 0.344 bits per heavy atom. The van der Waals surface area contributed by atoms with Gasteiger partial charge in [-0.3, -0.25) is 0 Å². The lowest BCUT2D eigenvalue weighted by Crippen LogP contribution is -2.25. The third-order valence-corrected chi connectivity index (χ3v) is 13.3. The largest absolute Gasteiger partial charge is 0.455 e. The molecule has 0 unspecified atom stereocenters. The van der Waals surface area contributed by atoms with E-state index in [9.17, 15) is 0 Å². The van der Waals surface area contributed by atoms with Gasteiger partial charge in [-0.05, 0) is 115 Å². The van der Waals surface area contributed by atoms with Crippen molar-refractivity contribution in [1.29, 1.82) is 0 Å². The lowest BCUT2D eigenvalue weighted by atomic mass is 9.70. The van der Waals surface area contributed by atoms with Gasteiger partial charge in [0.1, 0.15) is 11.2 Å². The molecule has 2 aliphatic carbocycles. The molecule has 0 fully saturated rings. The van der Waals surface area contributed by atoms with Gasteiger partial charge >= 0.3 is 0 Å². The van der Waals surface area contributed by atoms with Crippen molar-refractivity contribution in [2.45, 2.75) is 5.41 Å². The minimum atomic E-state index is -0.369. The Balaban J connectivity index is 0.993. The first-order valence-electron chi connectivity index (χ1n) is 21.1. The van der Waals surface area contributed by atoms with Crippen molar-refractivity contribution < 1.29 is 4.42 Å². The van der Waals surface area contributed by atoms with Gasteiger partial charge in [-0.2, -0.15) is 0 Å². The molecule has 0 N–H and O–H groups in total. The average molecular weight is 776 g/mol. The van der Waals surface area contributed by atoms with Crippen LogP contribution in [0.5, 0.6) is 0 Å². The van der Waals surface area contributed by atoms with Crippen molar-refractivity contribution in [1.82, 2.24) is 0 Å². The number of fused-ring (bicyclic) bond motifs is 15. The molecular formula is C59H37NO. The number of benzene rings is 10. The summed E-state index contributed by atoms with van der Waals surface area (Å²) in [6, 6.07) is 81.9. The fourth-order valence-electron chi connectivity index (χ4n) is 10.8. The maximum absolute atomic E-state index is 6.82. The molecule has 1 aromatic heterocycles. The number of nitrogens with zero attached hydrogens (tertiary/aromatic N) is 1. The fraction of sp³-hybridized carbons (Fsp3) is 0.0169. The Morgan fingerprint density at radius 3 is 1.49 bits per heavy atom. The second-order valence-electron chi connectivity index (χ2n) is 16.3. The van der Waals surface area contributed by atoms with E-state index in [4.69, 9.17) is 4.42 Å². The third kappa shape index (κ3) is 4.73. The van der Waals surface area contributed by atoms with Gasteiger partial charge in [-0.1, -0.05) is 182 Å². The molecule has 0 saturated heterocycles. The number of furan rings is 1. The van der Waals surface area contributed by atoms with Gasteiger partial charge in [0.2, 0.25) is 0 Å². The lowest BCUT2D eigenvalue weighted by Gasteiger charge is -2.30. The van der Waals surface area contributed by atoms with Gasteiger partial charge in [0, 0.05) is 22.1 Å². The second-order valence-corrected chi connectivity index (χ2v) is 16.3. The zero-order valence-corrected chi connectivity index (χ0v) is 33.2. The van der Waals surface area contributed by atoms with Gasteiger partial charge in [-0.15, -0.1) is 0 Å². The molecule has 0 saturated carbocycles. The van der Waals surface area contributed by atoms with Crippen molar-refractivity contribution in [2.75, 3.05) is 4.90 Å². The molecule has 0 radical (unpaired) electrons. The van der Waals surface area contributed by atoms with Crippen LogP contribution in [0.3, 0.4) is 0 Å². The SMILES string of the molecule is c1ccc(N(c2ccccc2)c2cccc3oc4c5ccccc5c(-c5ccc(-c6cccc7c6-c6ccccc6C76c7ccccc7-c7ccccc76)cc5)cc4c23)cc1. The zero-order chi connectivity index (χ0) is 40.1. The van der Waals surface area contributed by atoms with Crippen LogP contribution in [0.25, 0.3) is 77.2 Å². The van der Waals surface area contributed by atoms with Crippen LogP contribution in [-0.2, 0) is 5.41 Å². The summed E-state index contributed by atoms with van der Waals surface area (Å²) < 4.78 is 6.82. The van der Waals surface area contributed by atoms with Crippen LogP contribution in [-0.4, -0.2) is 0 Å². The summed E-state index contributed by atoms with van der Waals surface area (Å²) in [5.74, 6) is 0. The third-order valence-electron chi connectivity index (χ3n) is 13.3. The minimum Gasteiger partial charge on any atom is -0.455 e. The highest BCUT2D eigenvalue weighted by atomic mass is 16.3. The zero-order valence-electron chi connectivity index (χ0n) is 33.2. The number of anilines is 3. The summed E-state index contributed by atoms with van der Waals surface area (Å²) in [6.45, 7) is 0. The van der Waals surface area contributed by atoms with Crippen molar-refractivity contribution >= 4 is 49.8 Å². The molecule has 2 heteroatoms. The van der Waals surface area contributed by atoms with Gasteiger partial charge < -0.3 is 9.32 Å². The topological polar surface area (TPSA) is 16.4 Å². The van der Waals surface area contributed by atoms with Crippen molar-refractivity contribution in [2.24, 2.45) is 0 Å². The van der Waals surface area contributed by atoms with E-state index in [0.717, 1.165) is 44.4 Å². The average Bonchev–Trinajstić information content (AvgIpc) is 3.97. The highest BCUT2D eigenvalue weighted by molar-refractivity contribution is 6.22. The maximum atomic E-state index is 6.82. The van der Waals surface area contributed by atoms with E-state index in [0.29, 0.717) is 0 Å².